The molecule has 0 aliphatic heterocycles. The molecule has 84 valence electrons. The van der Waals surface area contributed by atoms with Crippen LogP contribution in [0.4, 0.5) is 5.69 Å². The van der Waals surface area contributed by atoms with Crippen molar-refractivity contribution >= 4 is 5.69 Å². The van der Waals surface area contributed by atoms with E-state index in [1.54, 1.807) is 0 Å². The molecule has 0 aliphatic rings. The monoisotopic (exact) mass is 216 g/mol. The van der Waals surface area contributed by atoms with Gasteiger partial charge in [-0.15, -0.1) is 0 Å². The van der Waals surface area contributed by atoms with Gasteiger partial charge in [0.15, 0.2) is 0 Å². The number of H-pyrrole nitrogens is 1. The Bertz CT molecular complexity index is 475. The van der Waals surface area contributed by atoms with Crippen LogP contribution in [0, 0.1) is 13.8 Å². The standard InChI is InChI=1S/C13H16N2O/c1-9-5-6-12(10(2)13(9)16)15-8-11-4-3-7-14-11/h3-7,14-16H,8H2,1-2H3. The molecule has 0 aliphatic carbocycles. The predicted octanol–water partition coefficient (Wildman–Crippen LogP) is 2.95. The number of aryl methyl sites for hydroxylation is 1. The molecule has 0 atom stereocenters. The number of rotatable bonds is 3. The number of aromatic hydroxyl groups is 1. The summed E-state index contributed by atoms with van der Waals surface area (Å²) in [7, 11) is 0. The van der Waals surface area contributed by atoms with E-state index in [1.165, 1.54) is 0 Å². The van der Waals surface area contributed by atoms with Crippen molar-refractivity contribution in [2.45, 2.75) is 20.4 Å². The maximum Gasteiger partial charge on any atom is 0.123 e. The summed E-state index contributed by atoms with van der Waals surface area (Å²) in [6.45, 7) is 4.55. The third-order valence-electron chi connectivity index (χ3n) is 2.76. The summed E-state index contributed by atoms with van der Waals surface area (Å²) >= 11 is 0. The van der Waals surface area contributed by atoms with E-state index in [-0.39, 0.29) is 0 Å². The maximum absolute atomic E-state index is 9.80. The summed E-state index contributed by atoms with van der Waals surface area (Å²) < 4.78 is 0. The van der Waals surface area contributed by atoms with Gasteiger partial charge in [-0.3, -0.25) is 0 Å². The highest BCUT2D eigenvalue weighted by Gasteiger charge is 2.05. The normalized spacial score (nSPS) is 10.4. The Labute approximate surface area is 95.1 Å². The van der Waals surface area contributed by atoms with Crippen LogP contribution >= 0.6 is 0 Å². The molecule has 3 heteroatoms. The molecule has 1 aromatic heterocycles. The number of hydrogen-bond acceptors (Lipinski definition) is 2. The fourth-order valence-electron chi connectivity index (χ4n) is 1.70. The van der Waals surface area contributed by atoms with Gasteiger partial charge in [0, 0.05) is 23.1 Å². The van der Waals surface area contributed by atoms with Crippen LogP contribution in [0.3, 0.4) is 0 Å². The molecule has 0 saturated heterocycles. The topological polar surface area (TPSA) is 48.0 Å². The molecule has 0 saturated carbocycles. The number of aromatic amines is 1. The lowest BCUT2D eigenvalue weighted by Gasteiger charge is -2.11. The van der Waals surface area contributed by atoms with Crippen LogP contribution in [0.2, 0.25) is 0 Å². The van der Waals surface area contributed by atoms with Crippen molar-refractivity contribution in [1.82, 2.24) is 4.98 Å². The van der Waals surface area contributed by atoms with Gasteiger partial charge >= 0.3 is 0 Å². The fraction of sp³-hybridized carbons (Fsp3) is 0.231. The van der Waals surface area contributed by atoms with E-state index in [4.69, 9.17) is 0 Å². The second-order valence-corrected chi connectivity index (χ2v) is 3.95. The quantitative estimate of drug-likeness (QED) is 0.738. The first kappa shape index (κ1) is 10.6. The van der Waals surface area contributed by atoms with Gasteiger partial charge in [0.1, 0.15) is 5.75 Å². The predicted molar refractivity (Wildman–Crippen MR) is 65.7 cm³/mol. The minimum atomic E-state index is 0.372. The van der Waals surface area contributed by atoms with Crippen molar-refractivity contribution in [3.63, 3.8) is 0 Å². The minimum absolute atomic E-state index is 0.372. The SMILES string of the molecule is Cc1ccc(NCc2ccc[nH]2)c(C)c1O. The number of aromatic nitrogens is 1. The largest absolute Gasteiger partial charge is 0.507 e. The molecule has 2 rings (SSSR count). The first-order valence-corrected chi connectivity index (χ1v) is 5.34. The molecule has 3 nitrogen and oxygen atoms in total. The zero-order valence-corrected chi connectivity index (χ0v) is 9.54. The van der Waals surface area contributed by atoms with Crippen LogP contribution in [0.5, 0.6) is 5.75 Å². The Morgan fingerprint density at radius 2 is 2.06 bits per heavy atom. The number of anilines is 1. The Morgan fingerprint density at radius 1 is 1.25 bits per heavy atom. The van der Waals surface area contributed by atoms with Crippen LogP contribution in [0.1, 0.15) is 16.8 Å². The summed E-state index contributed by atoms with van der Waals surface area (Å²) in [6.07, 6.45) is 1.90. The van der Waals surface area contributed by atoms with Crippen LogP contribution < -0.4 is 5.32 Å². The Hall–Kier alpha value is -1.90. The van der Waals surface area contributed by atoms with Crippen molar-refractivity contribution in [1.29, 1.82) is 0 Å². The van der Waals surface area contributed by atoms with Gasteiger partial charge in [-0.25, -0.2) is 0 Å². The zero-order valence-electron chi connectivity index (χ0n) is 9.54. The van der Waals surface area contributed by atoms with E-state index in [0.29, 0.717) is 5.75 Å². The van der Waals surface area contributed by atoms with Crippen molar-refractivity contribution in [2.24, 2.45) is 0 Å². The van der Waals surface area contributed by atoms with E-state index >= 15 is 0 Å². The number of benzene rings is 1. The molecule has 0 unspecified atom stereocenters. The van der Waals surface area contributed by atoms with Crippen molar-refractivity contribution in [3.8, 4) is 5.75 Å². The Kier molecular flexibility index (Phi) is 2.86. The average Bonchev–Trinajstić information content (AvgIpc) is 2.78. The van der Waals surface area contributed by atoms with Crippen LogP contribution in [0.15, 0.2) is 30.5 Å². The molecule has 3 N–H and O–H groups in total. The van der Waals surface area contributed by atoms with Crippen LogP contribution in [0.25, 0.3) is 0 Å². The third kappa shape index (κ3) is 2.03. The smallest absolute Gasteiger partial charge is 0.123 e. The number of hydrogen-bond donors (Lipinski definition) is 3. The van der Waals surface area contributed by atoms with E-state index in [1.807, 2.05) is 44.3 Å². The number of phenolic OH excluding ortho intramolecular Hbond substituents is 1. The summed E-state index contributed by atoms with van der Waals surface area (Å²) in [6, 6.07) is 7.90. The van der Waals surface area contributed by atoms with Gasteiger partial charge in [-0.05, 0) is 37.6 Å². The van der Waals surface area contributed by atoms with Crippen LogP contribution in [-0.2, 0) is 6.54 Å². The van der Waals surface area contributed by atoms with Gasteiger partial charge in [0.2, 0.25) is 0 Å². The molecule has 0 fully saturated rings. The second-order valence-electron chi connectivity index (χ2n) is 3.95. The van der Waals surface area contributed by atoms with Crippen molar-refractivity contribution in [2.75, 3.05) is 5.32 Å². The second kappa shape index (κ2) is 4.31. The maximum atomic E-state index is 9.80. The van der Waals surface area contributed by atoms with Gasteiger partial charge in [-0.2, -0.15) is 0 Å². The molecule has 0 amide bonds. The van der Waals surface area contributed by atoms with Crippen LogP contribution in [-0.4, -0.2) is 10.1 Å². The number of nitrogens with one attached hydrogen (secondary N) is 2. The molecule has 0 spiro atoms. The Morgan fingerprint density at radius 3 is 2.75 bits per heavy atom. The molecular weight excluding hydrogens is 200 g/mol. The number of phenols is 1. The first-order valence-electron chi connectivity index (χ1n) is 5.34. The summed E-state index contributed by atoms with van der Waals surface area (Å²) in [5.74, 6) is 0.372. The van der Waals surface area contributed by atoms with Gasteiger partial charge < -0.3 is 15.4 Å². The molecule has 0 bridgehead atoms. The van der Waals surface area contributed by atoms with E-state index in [2.05, 4.69) is 10.3 Å². The first-order chi connectivity index (χ1) is 7.68. The highest BCUT2D eigenvalue weighted by molar-refractivity contribution is 5.59. The summed E-state index contributed by atoms with van der Waals surface area (Å²) in [5.41, 5.74) is 3.90. The summed E-state index contributed by atoms with van der Waals surface area (Å²) in [5, 5.41) is 13.1. The highest BCUT2D eigenvalue weighted by atomic mass is 16.3. The van der Waals surface area contributed by atoms with E-state index in [9.17, 15) is 5.11 Å². The lowest BCUT2D eigenvalue weighted by Crippen LogP contribution is -2.01. The van der Waals surface area contributed by atoms with Crippen molar-refractivity contribution in [3.05, 3.63) is 47.3 Å². The van der Waals surface area contributed by atoms with Gasteiger partial charge in [0.25, 0.3) is 0 Å². The highest BCUT2D eigenvalue weighted by Crippen LogP contribution is 2.28. The Balaban J connectivity index is 2.13. The van der Waals surface area contributed by atoms with E-state index in [0.717, 1.165) is 29.1 Å². The van der Waals surface area contributed by atoms with Crippen molar-refractivity contribution < 1.29 is 5.11 Å². The third-order valence-corrected chi connectivity index (χ3v) is 2.76. The average molecular weight is 216 g/mol. The molecule has 1 heterocycles. The lowest BCUT2D eigenvalue weighted by atomic mass is 10.1. The van der Waals surface area contributed by atoms with Gasteiger partial charge in [-0.1, -0.05) is 6.07 Å². The van der Waals surface area contributed by atoms with Gasteiger partial charge in [0.05, 0.1) is 6.54 Å². The molecule has 2 aromatic rings. The molecule has 16 heavy (non-hydrogen) atoms. The lowest BCUT2D eigenvalue weighted by molar-refractivity contribution is 0.467. The minimum Gasteiger partial charge on any atom is -0.507 e. The summed E-state index contributed by atoms with van der Waals surface area (Å²) in [4.78, 5) is 3.13. The molecule has 0 radical (unpaired) electrons. The fourth-order valence-corrected chi connectivity index (χ4v) is 1.70. The molecule has 1 aromatic carbocycles. The zero-order chi connectivity index (χ0) is 11.5. The van der Waals surface area contributed by atoms with E-state index < -0.39 is 0 Å². The molecular formula is C13H16N2O.